The maximum atomic E-state index is 10.8. The predicted molar refractivity (Wildman–Crippen MR) is 40.1 cm³/mol. The number of rotatable bonds is 3. The highest BCUT2D eigenvalue weighted by Crippen LogP contribution is 1.88. The van der Waals surface area contributed by atoms with Gasteiger partial charge in [-0.2, -0.15) is 0 Å². The first-order valence-electron chi connectivity index (χ1n) is 3.14. The first-order chi connectivity index (χ1) is 4.95. The van der Waals surface area contributed by atoms with Crippen molar-refractivity contribution in [2.45, 2.75) is 19.9 Å². The number of hydrogen-bond donors (Lipinski definition) is 2. The van der Waals surface area contributed by atoms with Crippen molar-refractivity contribution in [2.24, 2.45) is 0 Å². The third kappa shape index (κ3) is 3.40. The SMILES string of the molecule is C=C(C)C(=O)NC(C)C(=O)O. The summed E-state index contributed by atoms with van der Waals surface area (Å²) in [7, 11) is 0. The number of carboxylic acids is 1. The Morgan fingerprint density at radius 1 is 1.55 bits per heavy atom. The molecule has 0 aromatic rings. The van der Waals surface area contributed by atoms with E-state index < -0.39 is 17.9 Å². The Labute approximate surface area is 64.9 Å². The number of carbonyl (C=O) groups is 2. The molecule has 4 heteroatoms. The summed E-state index contributed by atoms with van der Waals surface area (Å²) >= 11 is 0. The Balaban J connectivity index is 3.95. The molecule has 2 N–H and O–H groups in total. The van der Waals surface area contributed by atoms with E-state index in [9.17, 15) is 9.59 Å². The largest absolute Gasteiger partial charge is 0.480 e. The van der Waals surface area contributed by atoms with E-state index in [4.69, 9.17) is 5.11 Å². The van der Waals surface area contributed by atoms with Crippen molar-refractivity contribution in [1.82, 2.24) is 5.32 Å². The first-order valence-corrected chi connectivity index (χ1v) is 3.14. The molecule has 0 saturated heterocycles. The standard InChI is InChI=1S/C7H11NO3/c1-4(2)6(9)8-5(3)7(10)11/h5H,1H2,2-3H3,(H,8,9)(H,10,11). The number of carboxylic acid groups (broad SMARTS) is 1. The summed E-state index contributed by atoms with van der Waals surface area (Å²) in [5, 5.41) is 10.6. The van der Waals surface area contributed by atoms with Crippen LogP contribution in [0.1, 0.15) is 13.8 Å². The lowest BCUT2D eigenvalue weighted by Crippen LogP contribution is -2.38. The van der Waals surface area contributed by atoms with Gasteiger partial charge in [-0.25, -0.2) is 0 Å². The third-order valence-electron chi connectivity index (χ3n) is 1.11. The van der Waals surface area contributed by atoms with Gasteiger partial charge in [0.1, 0.15) is 6.04 Å². The molecule has 0 aliphatic rings. The van der Waals surface area contributed by atoms with Crippen molar-refractivity contribution in [2.75, 3.05) is 0 Å². The highest BCUT2D eigenvalue weighted by molar-refractivity contribution is 5.94. The van der Waals surface area contributed by atoms with Gasteiger partial charge in [0, 0.05) is 5.57 Å². The lowest BCUT2D eigenvalue weighted by molar-refractivity contribution is -0.140. The molecular weight excluding hydrogens is 146 g/mol. The van der Waals surface area contributed by atoms with Gasteiger partial charge in [0.05, 0.1) is 0 Å². The Morgan fingerprint density at radius 2 is 2.00 bits per heavy atom. The van der Waals surface area contributed by atoms with E-state index in [1.54, 1.807) is 0 Å². The fraction of sp³-hybridized carbons (Fsp3) is 0.429. The van der Waals surface area contributed by atoms with Crippen LogP contribution >= 0.6 is 0 Å². The average Bonchev–Trinajstić information content (AvgIpc) is 1.87. The Morgan fingerprint density at radius 3 is 2.27 bits per heavy atom. The molecule has 0 aliphatic carbocycles. The van der Waals surface area contributed by atoms with Gasteiger partial charge in [-0.15, -0.1) is 0 Å². The van der Waals surface area contributed by atoms with Gasteiger partial charge in [-0.3, -0.25) is 9.59 Å². The van der Waals surface area contributed by atoms with Crippen molar-refractivity contribution in [3.63, 3.8) is 0 Å². The smallest absolute Gasteiger partial charge is 0.325 e. The van der Waals surface area contributed by atoms with Crippen LogP contribution in [0.4, 0.5) is 0 Å². The third-order valence-corrected chi connectivity index (χ3v) is 1.11. The minimum Gasteiger partial charge on any atom is -0.480 e. The minimum atomic E-state index is -1.06. The number of hydrogen-bond acceptors (Lipinski definition) is 2. The van der Waals surface area contributed by atoms with E-state index in [-0.39, 0.29) is 0 Å². The van der Waals surface area contributed by atoms with Crippen LogP contribution in [0.25, 0.3) is 0 Å². The fourth-order valence-corrected chi connectivity index (χ4v) is 0.382. The zero-order valence-electron chi connectivity index (χ0n) is 6.55. The van der Waals surface area contributed by atoms with Crippen LogP contribution in [0.5, 0.6) is 0 Å². The summed E-state index contributed by atoms with van der Waals surface area (Å²) in [6.45, 7) is 6.27. The van der Waals surface area contributed by atoms with Crippen LogP contribution in [0.3, 0.4) is 0 Å². The highest BCUT2D eigenvalue weighted by atomic mass is 16.4. The van der Waals surface area contributed by atoms with E-state index in [1.807, 2.05) is 0 Å². The molecule has 1 unspecified atom stereocenters. The summed E-state index contributed by atoms with van der Waals surface area (Å²) in [5.74, 6) is -1.49. The molecule has 0 heterocycles. The van der Waals surface area contributed by atoms with E-state index in [2.05, 4.69) is 11.9 Å². The highest BCUT2D eigenvalue weighted by Gasteiger charge is 2.13. The van der Waals surface area contributed by atoms with Crippen LogP contribution < -0.4 is 5.32 Å². The van der Waals surface area contributed by atoms with Crippen molar-refractivity contribution in [1.29, 1.82) is 0 Å². The van der Waals surface area contributed by atoms with Crippen molar-refractivity contribution in [3.05, 3.63) is 12.2 Å². The van der Waals surface area contributed by atoms with Crippen LogP contribution in [-0.2, 0) is 9.59 Å². The van der Waals surface area contributed by atoms with Gasteiger partial charge in [0.15, 0.2) is 0 Å². The molecule has 4 nitrogen and oxygen atoms in total. The summed E-state index contributed by atoms with van der Waals surface area (Å²) in [4.78, 5) is 21.0. The van der Waals surface area contributed by atoms with Gasteiger partial charge >= 0.3 is 5.97 Å². The molecule has 11 heavy (non-hydrogen) atoms. The van der Waals surface area contributed by atoms with Crippen LogP contribution in [0.2, 0.25) is 0 Å². The van der Waals surface area contributed by atoms with Gasteiger partial charge in [0.25, 0.3) is 0 Å². The van der Waals surface area contributed by atoms with Gasteiger partial charge < -0.3 is 10.4 Å². The monoisotopic (exact) mass is 157 g/mol. The second-order valence-corrected chi connectivity index (χ2v) is 2.31. The summed E-state index contributed by atoms with van der Waals surface area (Å²) in [6.07, 6.45) is 0. The van der Waals surface area contributed by atoms with Gasteiger partial charge in [-0.1, -0.05) is 6.58 Å². The first kappa shape index (κ1) is 9.68. The summed E-state index contributed by atoms with van der Waals surface area (Å²) in [5.41, 5.74) is 0.304. The van der Waals surface area contributed by atoms with E-state index in [1.165, 1.54) is 13.8 Å². The molecule has 0 saturated carbocycles. The average molecular weight is 157 g/mol. The summed E-state index contributed by atoms with van der Waals surface area (Å²) in [6, 6.07) is -0.862. The number of aliphatic carboxylic acids is 1. The number of amides is 1. The van der Waals surface area contributed by atoms with E-state index >= 15 is 0 Å². The normalized spacial score (nSPS) is 11.8. The maximum Gasteiger partial charge on any atom is 0.325 e. The molecular formula is C7H11NO3. The zero-order chi connectivity index (χ0) is 9.02. The number of carbonyl (C=O) groups excluding carboxylic acids is 1. The fourth-order valence-electron chi connectivity index (χ4n) is 0.382. The van der Waals surface area contributed by atoms with Crippen molar-refractivity contribution in [3.8, 4) is 0 Å². The number of nitrogens with one attached hydrogen (secondary N) is 1. The lowest BCUT2D eigenvalue weighted by Gasteiger charge is -2.07. The van der Waals surface area contributed by atoms with Gasteiger partial charge in [-0.05, 0) is 13.8 Å². The maximum absolute atomic E-state index is 10.8. The van der Waals surface area contributed by atoms with Crippen LogP contribution in [0.15, 0.2) is 12.2 Å². The molecule has 1 amide bonds. The summed E-state index contributed by atoms with van der Waals surface area (Å²) < 4.78 is 0. The molecule has 0 aliphatic heterocycles. The molecule has 0 spiro atoms. The Bertz CT molecular complexity index is 198. The molecule has 0 bridgehead atoms. The Kier molecular flexibility index (Phi) is 3.30. The zero-order valence-corrected chi connectivity index (χ0v) is 6.55. The molecule has 0 aromatic heterocycles. The second kappa shape index (κ2) is 3.75. The predicted octanol–water partition coefficient (Wildman–Crippen LogP) is 0.152. The molecule has 1 atom stereocenters. The van der Waals surface area contributed by atoms with Gasteiger partial charge in [0.2, 0.25) is 5.91 Å². The van der Waals surface area contributed by atoms with Crippen molar-refractivity contribution >= 4 is 11.9 Å². The van der Waals surface area contributed by atoms with Crippen LogP contribution in [0, 0.1) is 0 Å². The lowest BCUT2D eigenvalue weighted by atomic mass is 10.3. The van der Waals surface area contributed by atoms with E-state index in [0.717, 1.165) is 0 Å². The van der Waals surface area contributed by atoms with E-state index in [0.29, 0.717) is 5.57 Å². The topological polar surface area (TPSA) is 66.4 Å². The molecule has 0 radical (unpaired) electrons. The minimum absolute atomic E-state index is 0.304. The van der Waals surface area contributed by atoms with Crippen molar-refractivity contribution < 1.29 is 14.7 Å². The molecule has 0 rings (SSSR count). The van der Waals surface area contributed by atoms with Crippen LogP contribution in [-0.4, -0.2) is 23.0 Å². The molecule has 0 fully saturated rings. The molecule has 0 aromatic carbocycles. The quantitative estimate of drug-likeness (QED) is 0.573. The second-order valence-electron chi connectivity index (χ2n) is 2.31. The molecule has 62 valence electrons. The Hall–Kier alpha value is -1.32.